The fourth-order valence-electron chi connectivity index (χ4n) is 5.53. The van der Waals surface area contributed by atoms with Gasteiger partial charge >= 0.3 is 11.9 Å². The predicted molar refractivity (Wildman–Crippen MR) is 184 cm³/mol. The van der Waals surface area contributed by atoms with Crippen LogP contribution in [0.25, 0.3) is 5.57 Å². The topological polar surface area (TPSA) is 156 Å². The molecule has 4 N–H and O–H groups in total. The molecule has 2 saturated heterocycles. The van der Waals surface area contributed by atoms with Crippen LogP contribution in [0, 0.1) is 5.41 Å². The van der Waals surface area contributed by atoms with E-state index in [9.17, 15) is 24.3 Å². The quantitative estimate of drug-likeness (QED) is 0.0653. The largest absolute Gasteiger partial charge is 1.00 e. The van der Waals surface area contributed by atoms with Gasteiger partial charge < -0.3 is 38.2 Å². The van der Waals surface area contributed by atoms with Gasteiger partial charge in [0.25, 0.3) is 5.91 Å². The van der Waals surface area contributed by atoms with Crippen molar-refractivity contribution in [2.24, 2.45) is 12.5 Å². The number of nitrogens with two attached hydrogens (primary N) is 1. The lowest BCUT2D eigenvalue weighted by Gasteiger charge is -2.54. The second-order valence-electron chi connectivity index (χ2n) is 11.5. The summed E-state index contributed by atoms with van der Waals surface area (Å²) >= 11 is 3.97. The summed E-state index contributed by atoms with van der Waals surface area (Å²) in [6.07, 6.45) is 3.95. The van der Waals surface area contributed by atoms with Crippen LogP contribution in [0.3, 0.4) is 0 Å². The molecule has 2 aliphatic rings. The third-order valence-electron chi connectivity index (χ3n) is 8.07. The van der Waals surface area contributed by atoms with Crippen LogP contribution in [0.15, 0.2) is 102 Å². The van der Waals surface area contributed by atoms with Crippen molar-refractivity contribution in [1.29, 1.82) is 0 Å². The summed E-state index contributed by atoms with van der Waals surface area (Å²) in [7, 11) is 1.93. The number of amides is 2. The van der Waals surface area contributed by atoms with Gasteiger partial charge in [-0.3, -0.25) is 14.4 Å². The standard InChI is InChI=1S/C34H31N5O6S3.ClH/c1-38-14-12-23(13-15-38)47-19-34(32(44)45-28(21-8-4-2-5-9-21)22-10-6-3-7-11-22)18-39-30(43)27(31(39)48-20-34)37-29(42)24(16-26(40)41)25-17-46-33(35)36-25;/h2-17,27-28,31H,18-20H2,1H3,(H3-,35,36,37,40,41,42);1H/t27?,31-,34?;/m1./s1. The Morgan fingerprint density at radius 3 is 2.33 bits per heavy atom. The number of rotatable bonds is 11. The van der Waals surface area contributed by atoms with E-state index in [1.807, 2.05) is 96.8 Å². The van der Waals surface area contributed by atoms with Crippen LogP contribution in [0.1, 0.15) is 22.9 Å². The molecular weight excluding hydrogens is 706 g/mol. The highest BCUT2D eigenvalue weighted by atomic mass is 35.5. The second kappa shape index (κ2) is 15.5. The minimum absolute atomic E-state index is 0. The molecule has 15 heteroatoms. The maximum atomic E-state index is 14.4. The fraction of sp³-hybridized carbons (Fsp3) is 0.235. The molecule has 2 amide bonds. The number of fused-ring (bicyclic) bond motifs is 1. The molecule has 0 aliphatic carbocycles. The normalized spacial score (nSPS) is 20.1. The van der Waals surface area contributed by atoms with Gasteiger partial charge in [-0.2, -0.15) is 0 Å². The Balaban J connectivity index is 0.00000468. The van der Waals surface area contributed by atoms with Crippen LogP contribution in [-0.4, -0.2) is 68.2 Å². The molecule has 254 valence electrons. The van der Waals surface area contributed by atoms with Crippen molar-refractivity contribution in [2.75, 3.05) is 23.8 Å². The fourth-order valence-corrected chi connectivity index (χ4v) is 8.83. The Kier molecular flexibility index (Phi) is 11.3. The molecule has 6 rings (SSSR count). The average molecular weight is 738 g/mol. The first kappa shape index (κ1) is 35.9. The van der Waals surface area contributed by atoms with Crippen molar-refractivity contribution in [3.63, 3.8) is 0 Å². The number of aromatic nitrogens is 2. The number of benzene rings is 2. The van der Waals surface area contributed by atoms with Crippen LogP contribution in [0.2, 0.25) is 0 Å². The van der Waals surface area contributed by atoms with Gasteiger partial charge in [0, 0.05) is 46.5 Å². The number of nitrogen functional groups attached to an aromatic ring is 1. The zero-order chi connectivity index (χ0) is 33.8. The molecule has 4 heterocycles. The van der Waals surface area contributed by atoms with Gasteiger partial charge in [0.05, 0.1) is 11.3 Å². The highest BCUT2D eigenvalue weighted by Crippen LogP contribution is 2.46. The molecule has 2 unspecified atom stereocenters. The van der Waals surface area contributed by atoms with Crippen LogP contribution in [0.5, 0.6) is 0 Å². The summed E-state index contributed by atoms with van der Waals surface area (Å²) in [4.78, 5) is 59.3. The third-order valence-corrected chi connectivity index (χ3v) is 11.6. The molecule has 0 bridgehead atoms. The number of nitrogens with zero attached hydrogens (tertiary/aromatic N) is 3. The smallest absolute Gasteiger partial charge is 0.329 e. The number of pyridine rings is 1. The SMILES string of the molecule is C[n+]1ccc(SCC2(C(=O)OC(c3ccccc3)c3ccccc3)CS[C@@H]3C(NC(=O)C(=CC(=O)O)c4csc(N)n4)C(=O)N3C2)cc1.[Cl-]. The number of β-lactam (4-membered cyclic amide) rings is 1. The molecule has 0 radical (unpaired) electrons. The van der Waals surface area contributed by atoms with Crippen LogP contribution in [0.4, 0.5) is 5.13 Å². The van der Waals surface area contributed by atoms with E-state index >= 15 is 0 Å². The number of thiazole rings is 1. The lowest BCUT2D eigenvalue weighted by Crippen LogP contribution is -3.00. The van der Waals surface area contributed by atoms with Gasteiger partial charge in [-0.25, -0.2) is 14.3 Å². The van der Waals surface area contributed by atoms with E-state index < -0.39 is 40.8 Å². The lowest BCUT2D eigenvalue weighted by atomic mass is 9.88. The Morgan fingerprint density at radius 2 is 1.76 bits per heavy atom. The number of carboxylic acid groups (broad SMARTS) is 1. The highest BCUT2D eigenvalue weighted by molar-refractivity contribution is 8.00. The molecule has 2 aromatic carbocycles. The number of anilines is 1. The average Bonchev–Trinajstić information content (AvgIpc) is 3.54. The molecule has 0 spiro atoms. The molecule has 0 saturated carbocycles. The maximum Gasteiger partial charge on any atom is 0.329 e. The zero-order valence-electron chi connectivity index (χ0n) is 26.1. The third kappa shape index (κ3) is 7.93. The van der Waals surface area contributed by atoms with Gasteiger partial charge in [-0.1, -0.05) is 60.7 Å². The molecule has 49 heavy (non-hydrogen) atoms. The first-order valence-corrected chi connectivity index (χ1v) is 17.8. The summed E-state index contributed by atoms with van der Waals surface area (Å²) in [6.45, 7) is 0.0963. The number of halogens is 1. The van der Waals surface area contributed by atoms with E-state index in [1.165, 1.54) is 28.9 Å². The van der Waals surface area contributed by atoms with Gasteiger partial charge in [0.1, 0.15) is 23.9 Å². The van der Waals surface area contributed by atoms with E-state index in [2.05, 4.69) is 10.3 Å². The number of aryl methyl sites for hydroxylation is 1. The molecule has 3 atom stereocenters. The number of hydrogen-bond acceptors (Lipinski definition) is 10. The molecule has 4 aromatic rings. The Bertz CT molecular complexity index is 1820. The molecule has 2 aromatic heterocycles. The van der Waals surface area contributed by atoms with Crippen LogP contribution in [-0.2, 0) is 31.0 Å². The maximum absolute atomic E-state index is 14.4. The van der Waals surface area contributed by atoms with E-state index in [4.69, 9.17) is 10.5 Å². The summed E-state index contributed by atoms with van der Waals surface area (Å²) in [5.41, 5.74) is 6.19. The number of ether oxygens (including phenoxy) is 1. The second-order valence-corrected chi connectivity index (χ2v) is 14.5. The number of carboxylic acids is 1. The van der Waals surface area contributed by atoms with Crippen LogP contribution < -0.4 is 28.0 Å². The summed E-state index contributed by atoms with van der Waals surface area (Å²) < 4.78 is 8.29. The van der Waals surface area contributed by atoms with E-state index in [0.717, 1.165) is 33.4 Å². The number of aliphatic carboxylic acids is 1. The van der Waals surface area contributed by atoms with Crippen molar-refractivity contribution < 1.29 is 46.0 Å². The highest BCUT2D eigenvalue weighted by Gasteiger charge is 2.58. The molecule has 2 aliphatic heterocycles. The summed E-state index contributed by atoms with van der Waals surface area (Å²) in [5.74, 6) is -2.20. The van der Waals surface area contributed by atoms with Gasteiger partial charge in [0.15, 0.2) is 23.6 Å². The molecular formula is C34H32ClN5O6S3. The van der Waals surface area contributed by atoms with Crippen molar-refractivity contribution in [1.82, 2.24) is 15.2 Å². The number of esters is 1. The van der Waals surface area contributed by atoms with E-state index in [-0.39, 0.29) is 41.3 Å². The van der Waals surface area contributed by atoms with Crippen molar-refractivity contribution >= 4 is 69.3 Å². The molecule has 2 fully saturated rings. The predicted octanol–water partition coefficient (Wildman–Crippen LogP) is 0.533. The number of hydrogen-bond donors (Lipinski definition) is 3. The zero-order valence-corrected chi connectivity index (χ0v) is 29.3. The summed E-state index contributed by atoms with van der Waals surface area (Å²) in [5, 5.41) is 13.3. The number of thioether (sulfide) groups is 2. The van der Waals surface area contributed by atoms with Crippen molar-refractivity contribution in [3.05, 3.63) is 113 Å². The van der Waals surface area contributed by atoms with Crippen molar-refractivity contribution in [2.45, 2.75) is 22.4 Å². The minimum Gasteiger partial charge on any atom is -1.00 e. The first-order valence-electron chi connectivity index (χ1n) is 14.9. The number of carbonyl (C=O) groups excluding carboxylic acids is 3. The van der Waals surface area contributed by atoms with E-state index in [0.29, 0.717) is 11.5 Å². The molecule has 11 nitrogen and oxygen atoms in total. The number of nitrogens with one attached hydrogen (secondary N) is 1. The Morgan fingerprint density at radius 1 is 1.12 bits per heavy atom. The monoisotopic (exact) mass is 737 g/mol. The first-order chi connectivity index (χ1) is 23.1. The minimum atomic E-state index is -1.34. The van der Waals surface area contributed by atoms with E-state index in [1.54, 1.807) is 4.90 Å². The Labute approximate surface area is 301 Å². The van der Waals surface area contributed by atoms with Crippen molar-refractivity contribution in [3.8, 4) is 0 Å². The summed E-state index contributed by atoms with van der Waals surface area (Å²) in [6, 6.07) is 22.1. The van der Waals surface area contributed by atoms with Gasteiger partial charge in [0.2, 0.25) is 5.91 Å². The van der Waals surface area contributed by atoms with Gasteiger partial charge in [-0.05, 0) is 11.1 Å². The van der Waals surface area contributed by atoms with Crippen LogP contribution >= 0.6 is 34.9 Å². The lowest BCUT2D eigenvalue weighted by molar-refractivity contribution is -0.671. The number of carbonyl (C=O) groups is 4. The van der Waals surface area contributed by atoms with Gasteiger partial charge in [-0.15, -0.1) is 34.9 Å². The Hall–Kier alpha value is -4.37.